The molecule has 2 aromatic rings. The molecule has 17 nitrogen and oxygen atoms in total. The topological polar surface area (TPSA) is 251 Å². The van der Waals surface area contributed by atoms with Gasteiger partial charge in [0.05, 0.1) is 12.3 Å². The maximum Gasteiger partial charge on any atom is 0.351 e. The number of phosphoric acid groups is 1. The molecular formula is C36H58FN5O12P-. The largest absolute Gasteiger partial charge is 0.756 e. The molecule has 19 heteroatoms. The van der Waals surface area contributed by atoms with E-state index in [1.807, 2.05) is 0 Å². The average Bonchev–Trinajstić information content (AvgIpc) is 3.66. The molecule has 9 unspecified atom stereocenters. The lowest BCUT2D eigenvalue weighted by Gasteiger charge is -2.43. The molecule has 312 valence electrons. The van der Waals surface area contributed by atoms with Crippen molar-refractivity contribution in [2.75, 3.05) is 11.9 Å². The number of hydrogen-bond acceptors (Lipinski definition) is 13. The van der Waals surface area contributed by atoms with E-state index >= 15 is 0 Å². The van der Waals surface area contributed by atoms with Crippen LogP contribution in [0.4, 0.5) is 10.2 Å². The molecule has 0 aromatic carbocycles. The van der Waals surface area contributed by atoms with Crippen LogP contribution in [0.15, 0.2) is 32.8 Å². The summed E-state index contributed by atoms with van der Waals surface area (Å²) in [5, 5.41) is 36.1. The maximum atomic E-state index is 14.0. The minimum Gasteiger partial charge on any atom is -0.756 e. The van der Waals surface area contributed by atoms with E-state index in [9.17, 15) is 48.4 Å². The number of rotatable bonds is 24. The van der Waals surface area contributed by atoms with Crippen LogP contribution in [0.2, 0.25) is 0 Å². The molecule has 0 saturated carbocycles. The van der Waals surface area contributed by atoms with Crippen LogP contribution in [-0.2, 0) is 18.6 Å². The molecule has 2 aromatic heterocycles. The Morgan fingerprint density at radius 3 is 2.04 bits per heavy atom. The van der Waals surface area contributed by atoms with Crippen molar-refractivity contribution >= 4 is 13.6 Å². The van der Waals surface area contributed by atoms with Crippen molar-refractivity contribution < 1.29 is 48.1 Å². The van der Waals surface area contributed by atoms with E-state index in [1.165, 1.54) is 95.7 Å². The predicted molar refractivity (Wildman–Crippen MR) is 198 cm³/mol. The fraction of sp³-hybridized carbons (Fsp3) is 0.778. The van der Waals surface area contributed by atoms with Crippen LogP contribution in [0.25, 0.3) is 0 Å². The van der Waals surface area contributed by atoms with Crippen molar-refractivity contribution in [3.63, 3.8) is 0 Å². The van der Waals surface area contributed by atoms with E-state index in [2.05, 4.69) is 17.2 Å². The van der Waals surface area contributed by atoms with Gasteiger partial charge in [0.25, 0.3) is 13.4 Å². The van der Waals surface area contributed by atoms with Gasteiger partial charge in [-0.2, -0.15) is 9.37 Å². The number of aromatic nitrogens is 4. The summed E-state index contributed by atoms with van der Waals surface area (Å²) >= 11 is 0. The molecular weight excluding hydrogens is 744 g/mol. The summed E-state index contributed by atoms with van der Waals surface area (Å²) in [6.07, 6.45) is 9.08. The lowest BCUT2D eigenvalue weighted by molar-refractivity contribution is -0.259. The second-order valence-electron chi connectivity index (χ2n) is 14.9. The van der Waals surface area contributed by atoms with E-state index in [-0.39, 0.29) is 5.82 Å². The van der Waals surface area contributed by atoms with Gasteiger partial charge in [-0.1, -0.05) is 103 Å². The summed E-state index contributed by atoms with van der Waals surface area (Å²) in [4.78, 5) is 64.4. The van der Waals surface area contributed by atoms with Crippen molar-refractivity contribution in [1.29, 1.82) is 0 Å². The number of aromatic amines is 1. The number of anilines is 1. The number of nitrogens with zero attached hydrogens (tertiary/aromatic N) is 3. The van der Waals surface area contributed by atoms with Crippen molar-refractivity contribution in [3.05, 3.63) is 55.6 Å². The normalized spacial score (nSPS) is 26.2. The molecule has 2 aliphatic rings. The van der Waals surface area contributed by atoms with Crippen LogP contribution in [0, 0.1) is 5.82 Å². The molecule has 4 rings (SSSR count). The minimum atomic E-state index is -5.70. The van der Waals surface area contributed by atoms with E-state index in [4.69, 9.17) is 14.0 Å². The SMILES string of the molecule is CCCCCCCCCCCCCCCCCCNc1ccn(C2OC(C(C)(OP(=O)([O-])O)C3OC(n4cc(F)c(=O)[nH]c4=O)CC3O)C(O)C2O)c(=O)n1. The zero-order valence-electron chi connectivity index (χ0n) is 31.7. The van der Waals surface area contributed by atoms with Gasteiger partial charge < -0.3 is 44.4 Å². The molecule has 2 aliphatic heterocycles. The average molecular weight is 803 g/mol. The van der Waals surface area contributed by atoms with Gasteiger partial charge in [-0.3, -0.25) is 23.5 Å². The summed E-state index contributed by atoms with van der Waals surface area (Å²) in [5.74, 6) is -1.07. The smallest absolute Gasteiger partial charge is 0.351 e. The van der Waals surface area contributed by atoms with Crippen LogP contribution >= 0.6 is 7.82 Å². The highest BCUT2D eigenvalue weighted by molar-refractivity contribution is 7.44. The van der Waals surface area contributed by atoms with E-state index in [0.717, 1.165) is 30.8 Å². The molecule has 9 atom stereocenters. The molecule has 2 fully saturated rings. The first-order chi connectivity index (χ1) is 26.2. The number of aliphatic hydroxyl groups is 3. The summed E-state index contributed by atoms with van der Waals surface area (Å²) in [5.41, 5.74) is -5.79. The Bertz CT molecular complexity index is 1720. The molecule has 55 heavy (non-hydrogen) atoms. The van der Waals surface area contributed by atoms with Crippen LogP contribution in [-0.4, -0.2) is 82.0 Å². The third-order valence-corrected chi connectivity index (χ3v) is 11.1. The fourth-order valence-corrected chi connectivity index (χ4v) is 8.19. The Labute approximate surface area is 319 Å². The highest BCUT2D eigenvalue weighted by Crippen LogP contribution is 2.49. The molecule has 2 saturated heterocycles. The van der Waals surface area contributed by atoms with Crippen LogP contribution in [0.5, 0.6) is 0 Å². The third-order valence-electron chi connectivity index (χ3n) is 10.5. The summed E-state index contributed by atoms with van der Waals surface area (Å²) in [7, 11) is -5.70. The highest BCUT2D eigenvalue weighted by atomic mass is 31.2. The lowest BCUT2D eigenvalue weighted by Crippen LogP contribution is -2.59. The van der Waals surface area contributed by atoms with E-state index < -0.39 is 85.6 Å². The van der Waals surface area contributed by atoms with Gasteiger partial charge in [0.2, 0.25) is 5.82 Å². The Hall–Kier alpha value is -2.80. The third kappa shape index (κ3) is 12.6. The van der Waals surface area contributed by atoms with Gasteiger partial charge in [-0.15, -0.1) is 0 Å². The van der Waals surface area contributed by atoms with Crippen LogP contribution in [0.3, 0.4) is 0 Å². The summed E-state index contributed by atoms with van der Waals surface area (Å²) in [6, 6.07) is 1.47. The first kappa shape index (κ1) is 44.9. The standard InChI is InChI=1S/C36H59FN5O12P/c1-3-4-5-6-7-8-9-10-11-12-13-14-15-16-17-18-20-38-26-19-21-41(34(47)39-26)33-29(45)28(44)31(53-33)36(2,54-55(49,50)51)30-25(43)22-27(52-30)42-23-24(37)32(46)40-35(42)48/h19,21,23,25,27-31,33,43-45H,3-18,20,22H2,1-2H3,(H,38,39,47)(H,40,46,48)(H2,49,50,51)/p-1. The summed E-state index contributed by atoms with van der Waals surface area (Å²) < 4.78 is 44.0. The number of nitrogens with one attached hydrogen (secondary N) is 2. The van der Waals surface area contributed by atoms with Gasteiger partial charge in [0.1, 0.15) is 42.1 Å². The Kier molecular flexibility index (Phi) is 17.2. The molecule has 0 aliphatic carbocycles. The number of unbranched alkanes of at least 4 members (excludes halogenated alkanes) is 15. The number of aliphatic hydroxyl groups excluding tert-OH is 3. The quantitative estimate of drug-likeness (QED) is 0.0660. The number of ether oxygens (including phenoxy) is 2. The van der Waals surface area contributed by atoms with Crippen molar-refractivity contribution in [2.45, 2.75) is 172 Å². The highest BCUT2D eigenvalue weighted by Gasteiger charge is 2.61. The Morgan fingerprint density at radius 1 is 0.927 bits per heavy atom. The minimum absolute atomic E-state index is 0.273. The molecule has 6 N–H and O–H groups in total. The number of halogens is 1. The predicted octanol–water partition coefficient (Wildman–Crippen LogP) is 3.11. The number of phosphoric ester groups is 1. The Morgan fingerprint density at radius 2 is 1.49 bits per heavy atom. The lowest BCUT2D eigenvalue weighted by atomic mass is 9.86. The maximum absolute atomic E-state index is 14.0. The molecule has 0 bridgehead atoms. The van der Waals surface area contributed by atoms with Crippen LogP contribution in [0.1, 0.15) is 135 Å². The molecule has 0 amide bonds. The number of hydrogen-bond donors (Lipinski definition) is 6. The van der Waals surface area contributed by atoms with E-state index in [0.29, 0.717) is 17.3 Å². The van der Waals surface area contributed by atoms with Gasteiger partial charge in [0.15, 0.2) is 6.23 Å². The first-order valence-corrected chi connectivity index (χ1v) is 21.1. The van der Waals surface area contributed by atoms with Crippen molar-refractivity contribution in [1.82, 2.24) is 19.1 Å². The van der Waals surface area contributed by atoms with E-state index in [1.54, 1.807) is 4.98 Å². The monoisotopic (exact) mass is 802 g/mol. The van der Waals surface area contributed by atoms with Gasteiger partial charge >= 0.3 is 11.4 Å². The fourth-order valence-electron chi connectivity index (χ4n) is 7.49. The second-order valence-corrected chi connectivity index (χ2v) is 16.0. The van der Waals surface area contributed by atoms with Crippen molar-refractivity contribution in [3.8, 4) is 0 Å². The molecule has 0 radical (unpaired) electrons. The van der Waals surface area contributed by atoms with Crippen LogP contribution < -0.4 is 27.1 Å². The Balaban J connectivity index is 1.26. The second kappa shape index (κ2) is 21.1. The first-order valence-electron chi connectivity index (χ1n) is 19.6. The van der Waals surface area contributed by atoms with Gasteiger partial charge in [-0.05, 0) is 19.4 Å². The molecule has 4 heterocycles. The van der Waals surface area contributed by atoms with Crippen molar-refractivity contribution in [2.24, 2.45) is 0 Å². The zero-order valence-corrected chi connectivity index (χ0v) is 32.6. The van der Waals surface area contributed by atoms with Gasteiger partial charge in [-0.25, -0.2) is 9.59 Å². The summed E-state index contributed by atoms with van der Waals surface area (Å²) in [6.45, 7) is 3.81. The van der Waals surface area contributed by atoms with Gasteiger partial charge in [0, 0.05) is 19.2 Å². The zero-order chi connectivity index (χ0) is 40.2. The molecule has 0 spiro atoms. The number of H-pyrrole nitrogens is 1.